The van der Waals surface area contributed by atoms with Gasteiger partial charge in [0.1, 0.15) is 6.04 Å². The highest BCUT2D eigenvalue weighted by Crippen LogP contribution is 2.20. The van der Waals surface area contributed by atoms with Crippen molar-refractivity contribution in [1.29, 1.82) is 0 Å². The van der Waals surface area contributed by atoms with Crippen molar-refractivity contribution in [2.45, 2.75) is 38.8 Å². The number of nitro groups is 1. The zero-order valence-electron chi connectivity index (χ0n) is 14.0. The number of anilines is 1. The molecule has 0 aliphatic carbocycles. The summed E-state index contributed by atoms with van der Waals surface area (Å²) in [6.07, 6.45) is 1.90. The third kappa shape index (κ3) is 4.28. The standard InChI is InChI=1S/C17H19N3O5/c1-3-13(19-16(22)8-9-17(19)23)14(20(24)25)10-15(21)18-12-6-4-11(2)5-7-12/h4-9,13-14H,3,10H2,1-2H3,(H,18,21). The second-order valence-corrected chi connectivity index (χ2v) is 5.83. The Morgan fingerprint density at radius 2 is 1.76 bits per heavy atom. The fraction of sp³-hybridized carbons (Fsp3) is 0.353. The lowest BCUT2D eigenvalue weighted by Crippen LogP contribution is -2.50. The molecule has 0 fully saturated rings. The van der Waals surface area contributed by atoms with Crippen LogP contribution in [0.25, 0.3) is 0 Å². The number of aryl methyl sites for hydroxylation is 1. The lowest BCUT2D eigenvalue weighted by molar-refractivity contribution is -0.528. The van der Waals surface area contributed by atoms with Gasteiger partial charge in [0.15, 0.2) is 0 Å². The smallest absolute Gasteiger partial charge is 0.254 e. The Balaban J connectivity index is 2.12. The van der Waals surface area contributed by atoms with Crippen molar-refractivity contribution in [3.8, 4) is 0 Å². The zero-order valence-corrected chi connectivity index (χ0v) is 14.0. The molecule has 25 heavy (non-hydrogen) atoms. The Labute approximate surface area is 144 Å². The first-order valence-corrected chi connectivity index (χ1v) is 7.88. The number of rotatable bonds is 7. The van der Waals surface area contributed by atoms with Crippen molar-refractivity contribution in [1.82, 2.24) is 4.90 Å². The Bertz CT molecular complexity index is 708. The number of amides is 3. The van der Waals surface area contributed by atoms with Gasteiger partial charge in [0, 0.05) is 22.8 Å². The molecule has 0 radical (unpaired) electrons. The number of hydrogen-bond acceptors (Lipinski definition) is 5. The van der Waals surface area contributed by atoms with Crippen LogP contribution < -0.4 is 5.32 Å². The van der Waals surface area contributed by atoms with Crippen LogP contribution in [-0.4, -0.2) is 39.6 Å². The molecular weight excluding hydrogens is 326 g/mol. The van der Waals surface area contributed by atoms with Gasteiger partial charge in [-0.2, -0.15) is 0 Å². The summed E-state index contributed by atoms with van der Waals surface area (Å²) in [6, 6.07) is 4.66. The summed E-state index contributed by atoms with van der Waals surface area (Å²) in [6.45, 7) is 3.54. The van der Waals surface area contributed by atoms with Crippen LogP contribution in [0.15, 0.2) is 36.4 Å². The maximum absolute atomic E-state index is 12.2. The molecule has 8 heteroatoms. The van der Waals surface area contributed by atoms with Crippen molar-refractivity contribution < 1.29 is 19.3 Å². The quantitative estimate of drug-likeness (QED) is 0.459. The topological polar surface area (TPSA) is 110 Å². The number of nitrogens with one attached hydrogen (secondary N) is 1. The molecule has 0 saturated carbocycles. The van der Waals surface area contributed by atoms with Gasteiger partial charge in [-0.05, 0) is 25.5 Å². The van der Waals surface area contributed by atoms with E-state index in [1.54, 1.807) is 19.1 Å². The molecule has 1 aliphatic heterocycles. The van der Waals surface area contributed by atoms with Gasteiger partial charge in [-0.1, -0.05) is 24.6 Å². The van der Waals surface area contributed by atoms with E-state index in [0.717, 1.165) is 22.6 Å². The van der Waals surface area contributed by atoms with Crippen molar-refractivity contribution in [2.75, 3.05) is 5.32 Å². The summed E-state index contributed by atoms with van der Waals surface area (Å²) in [5.41, 5.74) is 1.55. The largest absolute Gasteiger partial charge is 0.326 e. The molecule has 2 rings (SSSR count). The Morgan fingerprint density at radius 3 is 2.24 bits per heavy atom. The first-order valence-electron chi connectivity index (χ1n) is 7.88. The van der Waals surface area contributed by atoms with E-state index in [1.807, 2.05) is 19.1 Å². The molecule has 1 N–H and O–H groups in total. The van der Waals surface area contributed by atoms with E-state index in [4.69, 9.17) is 0 Å². The highest BCUT2D eigenvalue weighted by Gasteiger charge is 2.42. The van der Waals surface area contributed by atoms with E-state index in [9.17, 15) is 24.5 Å². The van der Waals surface area contributed by atoms with Crippen molar-refractivity contribution in [3.05, 3.63) is 52.1 Å². The van der Waals surface area contributed by atoms with Crippen LogP contribution in [0, 0.1) is 17.0 Å². The number of carbonyl (C=O) groups excluding carboxylic acids is 3. The van der Waals surface area contributed by atoms with E-state index < -0.39 is 41.1 Å². The first-order chi connectivity index (χ1) is 11.8. The second kappa shape index (κ2) is 7.69. The monoisotopic (exact) mass is 345 g/mol. The van der Waals surface area contributed by atoms with Crippen LogP contribution in [0.1, 0.15) is 25.3 Å². The molecule has 3 amide bonds. The number of nitrogens with zero attached hydrogens (tertiary/aromatic N) is 2. The molecule has 0 bridgehead atoms. The molecule has 0 saturated heterocycles. The van der Waals surface area contributed by atoms with Gasteiger partial charge < -0.3 is 5.32 Å². The molecule has 1 aliphatic rings. The van der Waals surface area contributed by atoms with Crippen LogP contribution in [-0.2, 0) is 14.4 Å². The Morgan fingerprint density at radius 1 is 1.20 bits per heavy atom. The number of imide groups is 1. The summed E-state index contributed by atoms with van der Waals surface area (Å²) in [5, 5.41) is 14.1. The summed E-state index contributed by atoms with van der Waals surface area (Å²) in [5.74, 6) is -1.73. The Kier molecular flexibility index (Phi) is 5.63. The maximum Gasteiger partial charge on any atom is 0.254 e. The van der Waals surface area contributed by atoms with Gasteiger partial charge in [0.2, 0.25) is 11.9 Å². The summed E-state index contributed by atoms with van der Waals surface area (Å²) < 4.78 is 0. The minimum absolute atomic E-state index is 0.183. The van der Waals surface area contributed by atoms with Crippen molar-refractivity contribution >= 4 is 23.4 Å². The first kappa shape index (κ1) is 18.3. The highest BCUT2D eigenvalue weighted by atomic mass is 16.6. The average molecular weight is 345 g/mol. The van der Waals surface area contributed by atoms with Gasteiger partial charge in [0.05, 0.1) is 6.42 Å². The van der Waals surface area contributed by atoms with Crippen LogP contribution >= 0.6 is 0 Å². The molecule has 0 spiro atoms. The predicted molar refractivity (Wildman–Crippen MR) is 90.3 cm³/mol. The molecule has 1 heterocycles. The van der Waals surface area contributed by atoms with E-state index in [-0.39, 0.29) is 6.42 Å². The van der Waals surface area contributed by atoms with Gasteiger partial charge in [-0.25, -0.2) is 0 Å². The molecule has 1 aromatic rings. The van der Waals surface area contributed by atoms with Crippen LogP contribution in [0.2, 0.25) is 0 Å². The van der Waals surface area contributed by atoms with Crippen molar-refractivity contribution in [2.24, 2.45) is 0 Å². The van der Waals surface area contributed by atoms with Gasteiger partial charge >= 0.3 is 0 Å². The molecular formula is C17H19N3O5. The molecule has 0 aromatic heterocycles. The van der Waals surface area contributed by atoms with Crippen LogP contribution in [0.3, 0.4) is 0 Å². The zero-order chi connectivity index (χ0) is 18.6. The Hall–Kier alpha value is -3.03. The number of hydrogen-bond donors (Lipinski definition) is 1. The average Bonchev–Trinajstić information content (AvgIpc) is 2.89. The molecule has 1 aromatic carbocycles. The van der Waals surface area contributed by atoms with Crippen molar-refractivity contribution in [3.63, 3.8) is 0 Å². The molecule has 8 nitrogen and oxygen atoms in total. The van der Waals surface area contributed by atoms with Crippen LogP contribution in [0.5, 0.6) is 0 Å². The van der Waals surface area contributed by atoms with E-state index in [0.29, 0.717) is 5.69 Å². The summed E-state index contributed by atoms with van der Waals surface area (Å²) in [7, 11) is 0. The number of carbonyl (C=O) groups is 3. The minimum Gasteiger partial charge on any atom is -0.326 e. The lowest BCUT2D eigenvalue weighted by atomic mass is 10.0. The maximum atomic E-state index is 12.2. The van der Waals surface area contributed by atoms with E-state index in [2.05, 4.69) is 5.32 Å². The normalized spacial score (nSPS) is 16.0. The second-order valence-electron chi connectivity index (χ2n) is 5.83. The molecule has 2 unspecified atom stereocenters. The fourth-order valence-corrected chi connectivity index (χ4v) is 2.76. The van der Waals surface area contributed by atoms with Gasteiger partial charge in [0.25, 0.3) is 11.8 Å². The third-order valence-electron chi connectivity index (χ3n) is 4.04. The van der Waals surface area contributed by atoms with E-state index >= 15 is 0 Å². The number of benzene rings is 1. The SMILES string of the molecule is CCC(C(CC(=O)Nc1ccc(C)cc1)[N+](=O)[O-])N1C(=O)C=CC1=O. The summed E-state index contributed by atoms with van der Waals surface area (Å²) >= 11 is 0. The lowest BCUT2D eigenvalue weighted by Gasteiger charge is -2.27. The van der Waals surface area contributed by atoms with Crippen LogP contribution in [0.4, 0.5) is 5.69 Å². The summed E-state index contributed by atoms with van der Waals surface area (Å²) in [4.78, 5) is 47.5. The fourth-order valence-electron chi connectivity index (χ4n) is 2.76. The molecule has 2 atom stereocenters. The molecule has 132 valence electrons. The minimum atomic E-state index is -1.37. The van der Waals surface area contributed by atoms with Gasteiger partial charge in [-0.15, -0.1) is 0 Å². The van der Waals surface area contributed by atoms with Gasteiger partial charge in [-0.3, -0.25) is 29.4 Å². The van der Waals surface area contributed by atoms with E-state index in [1.165, 1.54) is 0 Å². The predicted octanol–water partition coefficient (Wildman–Crippen LogP) is 1.67. The highest BCUT2D eigenvalue weighted by molar-refractivity contribution is 6.13. The third-order valence-corrected chi connectivity index (χ3v) is 4.04.